The third-order valence-electron chi connectivity index (χ3n) is 6.42. The predicted octanol–water partition coefficient (Wildman–Crippen LogP) is 4.13. The molecule has 1 atom stereocenters. The van der Waals surface area contributed by atoms with E-state index >= 15 is 0 Å². The van der Waals surface area contributed by atoms with E-state index in [-0.39, 0.29) is 18.0 Å². The van der Waals surface area contributed by atoms with Gasteiger partial charge in [0.2, 0.25) is 0 Å². The molecule has 1 aromatic heterocycles. The molecule has 3 aliphatic rings. The number of hydrogen-bond acceptors (Lipinski definition) is 7. The number of carbonyl (C=O) groups excluding carboxylic acids is 1. The molecule has 0 radical (unpaired) electrons. The van der Waals surface area contributed by atoms with Gasteiger partial charge in [0.25, 0.3) is 5.91 Å². The maximum atomic E-state index is 12.2. The first-order valence-corrected chi connectivity index (χ1v) is 11.9. The Kier molecular flexibility index (Phi) is 6.07. The number of carbonyl (C=O) groups is 1. The summed E-state index contributed by atoms with van der Waals surface area (Å²) in [5.74, 6) is -0.159. The van der Waals surface area contributed by atoms with E-state index in [0.29, 0.717) is 13.1 Å². The van der Waals surface area contributed by atoms with Gasteiger partial charge in [-0.15, -0.1) is 11.3 Å². The Labute approximate surface area is 198 Å². The quantitative estimate of drug-likeness (QED) is 0.502. The molecule has 1 N–H and O–H groups in total. The summed E-state index contributed by atoms with van der Waals surface area (Å²) in [7, 11) is 0. The van der Waals surface area contributed by atoms with Crippen molar-refractivity contribution in [2.75, 3.05) is 19.7 Å². The lowest BCUT2D eigenvalue weighted by Gasteiger charge is -2.30. The molecule has 1 amide bonds. The third-order valence-corrected chi connectivity index (χ3v) is 7.42. The maximum absolute atomic E-state index is 12.2. The zero-order valence-electron chi connectivity index (χ0n) is 18.2. The number of oxime groups is 1. The minimum Gasteiger partial charge on any atom is -0.386 e. The fourth-order valence-corrected chi connectivity index (χ4v) is 5.67. The zero-order chi connectivity index (χ0) is 23.8. The number of aryl methyl sites for hydroxylation is 1. The molecule has 2 aliphatic heterocycles. The van der Waals surface area contributed by atoms with E-state index in [1.54, 1.807) is 16.2 Å². The van der Waals surface area contributed by atoms with Gasteiger partial charge >= 0.3 is 6.18 Å². The molecule has 34 heavy (non-hydrogen) atoms. The summed E-state index contributed by atoms with van der Waals surface area (Å²) in [4.78, 5) is 29.1. The number of alkyl halides is 3. The second kappa shape index (κ2) is 9.03. The van der Waals surface area contributed by atoms with Crippen LogP contribution in [0.25, 0.3) is 5.70 Å². The minimum absolute atomic E-state index is 0.219. The molecule has 180 valence electrons. The molecular weight excluding hydrogens is 469 g/mol. The fourth-order valence-electron chi connectivity index (χ4n) is 4.68. The third kappa shape index (κ3) is 4.67. The fraction of sp³-hybridized carbons (Fsp3) is 0.435. The maximum Gasteiger partial charge on any atom is 0.429 e. The van der Waals surface area contributed by atoms with Crippen LogP contribution in [0.4, 0.5) is 13.2 Å². The van der Waals surface area contributed by atoms with Crippen molar-refractivity contribution in [2.24, 2.45) is 5.16 Å². The molecular formula is C23H23F3N4O3S. The van der Waals surface area contributed by atoms with E-state index in [1.807, 2.05) is 17.5 Å². The molecule has 0 saturated carbocycles. The highest BCUT2D eigenvalue weighted by Gasteiger charge is 2.43. The van der Waals surface area contributed by atoms with Crippen LogP contribution in [0, 0.1) is 0 Å². The summed E-state index contributed by atoms with van der Waals surface area (Å²) < 4.78 is 36.1. The summed E-state index contributed by atoms with van der Waals surface area (Å²) in [6.07, 6.45) is 0.597. The summed E-state index contributed by atoms with van der Waals surface area (Å²) in [5, 5.41) is 5.81. The van der Waals surface area contributed by atoms with Gasteiger partial charge in [-0.3, -0.25) is 15.1 Å². The Morgan fingerprint density at radius 1 is 1.35 bits per heavy atom. The highest BCUT2D eigenvalue weighted by molar-refractivity contribution is 7.09. The highest BCUT2D eigenvalue weighted by Crippen LogP contribution is 2.45. The predicted molar refractivity (Wildman–Crippen MR) is 120 cm³/mol. The van der Waals surface area contributed by atoms with E-state index < -0.39 is 18.4 Å². The lowest BCUT2D eigenvalue weighted by molar-refractivity contribution is -0.137. The number of piperidine rings is 1. The van der Waals surface area contributed by atoms with Crippen LogP contribution in [0.1, 0.15) is 47.0 Å². The van der Waals surface area contributed by atoms with Crippen molar-refractivity contribution in [1.29, 1.82) is 0 Å². The van der Waals surface area contributed by atoms with Crippen molar-refractivity contribution in [3.8, 4) is 0 Å². The Bertz CT molecular complexity index is 1120. The van der Waals surface area contributed by atoms with Gasteiger partial charge < -0.3 is 9.74 Å². The number of halogens is 3. The Morgan fingerprint density at radius 2 is 2.15 bits per heavy atom. The van der Waals surface area contributed by atoms with Gasteiger partial charge in [0.1, 0.15) is 11.8 Å². The van der Waals surface area contributed by atoms with E-state index in [0.717, 1.165) is 42.1 Å². The van der Waals surface area contributed by atoms with Crippen LogP contribution in [-0.4, -0.2) is 47.9 Å². The average Bonchev–Trinajstić information content (AvgIpc) is 3.56. The summed E-state index contributed by atoms with van der Waals surface area (Å²) in [6.45, 7) is 0.479. The SMILES string of the molecule is O=C(CON=CC(F)(F)F)N1CCC(c2nc(C3=CC4(CCc5ccccc54)ON3)cs2)CC1. The van der Waals surface area contributed by atoms with Crippen LogP contribution < -0.4 is 5.48 Å². The number of nitrogens with zero attached hydrogens (tertiary/aromatic N) is 3. The van der Waals surface area contributed by atoms with E-state index in [2.05, 4.69) is 33.7 Å². The first kappa shape index (κ1) is 22.9. The van der Waals surface area contributed by atoms with Crippen LogP contribution in [0.15, 0.2) is 40.9 Å². The Hall–Kier alpha value is -2.92. The second-order valence-corrected chi connectivity index (χ2v) is 9.47. The van der Waals surface area contributed by atoms with Crippen molar-refractivity contribution in [3.05, 3.63) is 57.6 Å². The van der Waals surface area contributed by atoms with Gasteiger partial charge in [0.05, 0.1) is 16.4 Å². The highest BCUT2D eigenvalue weighted by atomic mass is 32.1. The molecule has 1 saturated heterocycles. The number of nitrogens with one attached hydrogen (secondary N) is 1. The van der Waals surface area contributed by atoms with Crippen LogP contribution in [0.3, 0.4) is 0 Å². The van der Waals surface area contributed by atoms with Gasteiger partial charge in [-0.05, 0) is 42.9 Å². The number of aromatic nitrogens is 1. The van der Waals surface area contributed by atoms with Gasteiger partial charge in [0, 0.05) is 24.4 Å². The number of benzene rings is 1. The summed E-state index contributed by atoms with van der Waals surface area (Å²) in [5.41, 5.74) is 6.83. The normalized spacial score (nSPS) is 22.8. The van der Waals surface area contributed by atoms with E-state index in [4.69, 9.17) is 9.82 Å². The summed E-state index contributed by atoms with van der Waals surface area (Å²) >= 11 is 1.59. The second-order valence-electron chi connectivity index (χ2n) is 8.58. The number of fused-ring (bicyclic) bond motifs is 2. The van der Waals surface area contributed by atoms with Crippen molar-refractivity contribution in [2.45, 2.75) is 43.4 Å². The average molecular weight is 493 g/mol. The standard InChI is InChI=1S/C23H23F3N4O3S/c24-23(25,26)14-27-32-12-20(31)30-9-6-16(7-10-30)21-28-19(13-34-21)18-11-22(33-29-18)8-5-15-3-1-2-4-17(15)22/h1-4,11,13-14,16,29H,5-10,12H2. The first-order chi connectivity index (χ1) is 16.3. The largest absolute Gasteiger partial charge is 0.429 e. The number of likely N-dealkylation sites (tertiary alicyclic amines) is 1. The van der Waals surface area contributed by atoms with E-state index in [1.165, 1.54) is 11.1 Å². The molecule has 3 heterocycles. The van der Waals surface area contributed by atoms with Crippen LogP contribution >= 0.6 is 11.3 Å². The van der Waals surface area contributed by atoms with Crippen molar-refractivity contribution < 1.29 is 27.6 Å². The van der Waals surface area contributed by atoms with Gasteiger partial charge in [-0.25, -0.2) is 4.98 Å². The number of rotatable bonds is 5. The molecule has 0 bridgehead atoms. The van der Waals surface area contributed by atoms with Gasteiger partial charge in [-0.1, -0.05) is 29.4 Å². The Morgan fingerprint density at radius 3 is 2.94 bits per heavy atom. The number of amides is 1. The topological polar surface area (TPSA) is 76.0 Å². The number of hydrogen-bond donors (Lipinski definition) is 1. The summed E-state index contributed by atoms with van der Waals surface area (Å²) in [6, 6.07) is 8.32. The zero-order valence-corrected chi connectivity index (χ0v) is 19.0. The van der Waals surface area contributed by atoms with Crippen LogP contribution in [0.5, 0.6) is 0 Å². The molecule has 2 aromatic rings. The van der Waals surface area contributed by atoms with Gasteiger partial charge in [0.15, 0.2) is 6.61 Å². The van der Waals surface area contributed by atoms with Crippen molar-refractivity contribution in [3.63, 3.8) is 0 Å². The lowest BCUT2D eigenvalue weighted by Crippen LogP contribution is -2.39. The number of hydroxylamine groups is 1. The Balaban J connectivity index is 1.17. The molecule has 7 nitrogen and oxygen atoms in total. The molecule has 1 fully saturated rings. The van der Waals surface area contributed by atoms with Gasteiger partial charge in [-0.2, -0.15) is 13.2 Å². The molecule has 1 unspecified atom stereocenters. The van der Waals surface area contributed by atoms with Crippen LogP contribution in [0.2, 0.25) is 0 Å². The number of thiazole rings is 1. The monoisotopic (exact) mass is 492 g/mol. The molecule has 1 spiro atoms. The lowest BCUT2D eigenvalue weighted by atomic mass is 9.95. The molecule has 1 aromatic carbocycles. The van der Waals surface area contributed by atoms with Crippen molar-refractivity contribution >= 4 is 29.2 Å². The van der Waals surface area contributed by atoms with Crippen molar-refractivity contribution in [1.82, 2.24) is 15.4 Å². The smallest absolute Gasteiger partial charge is 0.386 e. The molecule has 1 aliphatic carbocycles. The van der Waals surface area contributed by atoms with E-state index in [9.17, 15) is 18.0 Å². The molecule has 11 heteroatoms. The minimum atomic E-state index is -4.56. The molecule has 5 rings (SSSR count). The first-order valence-electron chi connectivity index (χ1n) is 11.0. The van der Waals surface area contributed by atoms with Crippen LogP contribution in [-0.2, 0) is 26.5 Å².